The van der Waals surface area contributed by atoms with Gasteiger partial charge in [0.15, 0.2) is 5.50 Å². The first-order valence-electron chi connectivity index (χ1n) is 7.06. The van der Waals surface area contributed by atoms with Gasteiger partial charge in [-0.2, -0.15) is 9.65 Å². The van der Waals surface area contributed by atoms with Crippen LogP contribution in [0.2, 0.25) is 0 Å². The lowest BCUT2D eigenvalue weighted by Crippen LogP contribution is -2.49. The molecule has 4 nitrogen and oxygen atoms in total. The van der Waals surface area contributed by atoms with Gasteiger partial charge >= 0.3 is 0 Å². The molecule has 2 heterocycles. The molecule has 7 heteroatoms. The lowest BCUT2D eigenvalue weighted by molar-refractivity contribution is -0.130. The lowest BCUT2D eigenvalue weighted by Gasteiger charge is -2.40. The molecular formula is C16H13F2N3OS. The fourth-order valence-electron chi connectivity index (χ4n) is 2.71. The van der Waals surface area contributed by atoms with E-state index in [0.29, 0.717) is 6.54 Å². The maximum Gasteiger partial charge on any atom is 0.290 e. The van der Waals surface area contributed by atoms with Crippen LogP contribution in [0, 0.1) is 17.1 Å². The average Bonchev–Trinajstić information content (AvgIpc) is 3.04. The van der Waals surface area contributed by atoms with E-state index >= 15 is 0 Å². The molecule has 3 rings (SSSR count). The van der Waals surface area contributed by atoms with Crippen molar-refractivity contribution in [1.82, 2.24) is 9.80 Å². The molecule has 1 unspecified atom stereocenters. The molecule has 1 atom stereocenters. The van der Waals surface area contributed by atoms with Gasteiger partial charge in [-0.1, -0.05) is 23.9 Å². The van der Waals surface area contributed by atoms with Crippen molar-refractivity contribution in [3.05, 3.63) is 58.3 Å². The van der Waals surface area contributed by atoms with E-state index in [-0.39, 0.29) is 28.7 Å². The van der Waals surface area contributed by atoms with Gasteiger partial charge in [0.05, 0.1) is 11.3 Å². The molecule has 1 amide bonds. The van der Waals surface area contributed by atoms with E-state index in [1.807, 2.05) is 6.92 Å². The minimum atomic E-state index is -0.878. The average molecular weight is 333 g/mol. The Kier molecular flexibility index (Phi) is 4.09. The van der Waals surface area contributed by atoms with Crippen molar-refractivity contribution in [3.8, 4) is 6.07 Å². The van der Waals surface area contributed by atoms with Crippen molar-refractivity contribution in [2.45, 2.75) is 18.8 Å². The number of hydrogen-bond donors (Lipinski definition) is 0. The van der Waals surface area contributed by atoms with Gasteiger partial charge in [-0.3, -0.25) is 9.69 Å². The van der Waals surface area contributed by atoms with Crippen LogP contribution in [0.15, 0.2) is 41.3 Å². The van der Waals surface area contributed by atoms with E-state index in [0.717, 1.165) is 0 Å². The molecule has 0 saturated carbocycles. The fourth-order valence-corrected chi connectivity index (χ4v) is 3.77. The van der Waals surface area contributed by atoms with Gasteiger partial charge in [0.2, 0.25) is 5.83 Å². The summed E-state index contributed by atoms with van der Waals surface area (Å²) in [5.74, 6) is -2.26. The second-order valence-electron chi connectivity index (χ2n) is 5.07. The summed E-state index contributed by atoms with van der Waals surface area (Å²) >= 11 is 1.39. The summed E-state index contributed by atoms with van der Waals surface area (Å²) in [6.07, 6.45) is 1.48. The van der Waals surface area contributed by atoms with E-state index in [4.69, 9.17) is 5.26 Å². The molecule has 0 N–H and O–H groups in total. The quantitative estimate of drug-likeness (QED) is 0.853. The number of thioether (sulfide) groups is 1. The normalized spacial score (nSPS) is 20.1. The van der Waals surface area contributed by atoms with Crippen molar-refractivity contribution < 1.29 is 13.6 Å². The predicted octanol–water partition coefficient (Wildman–Crippen LogP) is 3.09. The van der Waals surface area contributed by atoms with Crippen molar-refractivity contribution in [2.75, 3.05) is 6.54 Å². The van der Waals surface area contributed by atoms with E-state index in [2.05, 4.69) is 0 Å². The van der Waals surface area contributed by atoms with Gasteiger partial charge < -0.3 is 4.90 Å². The number of nitriles is 1. The predicted molar refractivity (Wildman–Crippen MR) is 82.7 cm³/mol. The van der Waals surface area contributed by atoms with Gasteiger partial charge in [-0.05, 0) is 24.0 Å². The number of halogens is 2. The first kappa shape index (κ1) is 15.6. The van der Waals surface area contributed by atoms with Crippen molar-refractivity contribution in [1.29, 1.82) is 5.26 Å². The topological polar surface area (TPSA) is 47.3 Å². The van der Waals surface area contributed by atoms with Gasteiger partial charge in [0.1, 0.15) is 11.9 Å². The van der Waals surface area contributed by atoms with Crippen LogP contribution in [0.1, 0.15) is 18.1 Å². The number of benzene rings is 1. The van der Waals surface area contributed by atoms with Crippen molar-refractivity contribution >= 4 is 17.7 Å². The SMILES string of the molecule is CCN1C(Cc2cccc(C#N)c2F)=C(F)C(=O)N2C=CSC21. The van der Waals surface area contributed by atoms with Crippen molar-refractivity contribution in [3.63, 3.8) is 0 Å². The third kappa shape index (κ3) is 2.49. The standard InChI is InChI=1S/C16H13F2N3OS/c1-2-20-12(8-10-4-3-5-11(9-19)13(10)17)14(18)15(22)21-6-7-23-16(20)21/h3-7,16H,2,8H2,1H3. The van der Waals surface area contributed by atoms with Crippen LogP contribution in [-0.4, -0.2) is 27.7 Å². The maximum absolute atomic E-state index is 14.5. The van der Waals surface area contributed by atoms with Crippen LogP contribution in [0.3, 0.4) is 0 Å². The number of hydrogen-bond acceptors (Lipinski definition) is 4. The van der Waals surface area contributed by atoms with Crippen LogP contribution in [0.5, 0.6) is 0 Å². The molecule has 0 aliphatic carbocycles. The maximum atomic E-state index is 14.5. The summed E-state index contributed by atoms with van der Waals surface area (Å²) in [6.45, 7) is 2.33. The summed E-state index contributed by atoms with van der Waals surface area (Å²) in [4.78, 5) is 15.2. The molecule has 0 bridgehead atoms. The minimum absolute atomic E-state index is 0.0718. The number of carbonyl (C=O) groups is 1. The molecule has 2 aliphatic heterocycles. The van der Waals surface area contributed by atoms with Crippen molar-refractivity contribution in [2.24, 2.45) is 0 Å². The molecular weight excluding hydrogens is 320 g/mol. The Bertz CT molecular complexity index is 769. The first-order chi connectivity index (χ1) is 11.1. The zero-order valence-corrected chi connectivity index (χ0v) is 13.1. The molecule has 0 fully saturated rings. The Balaban J connectivity index is 2.01. The second-order valence-corrected chi connectivity index (χ2v) is 6.04. The van der Waals surface area contributed by atoms with Gasteiger partial charge in [-0.25, -0.2) is 4.39 Å². The Morgan fingerprint density at radius 3 is 2.87 bits per heavy atom. The van der Waals surface area contributed by atoms with E-state index in [9.17, 15) is 13.6 Å². The first-order valence-corrected chi connectivity index (χ1v) is 8.00. The zero-order chi connectivity index (χ0) is 16.6. The van der Waals surface area contributed by atoms with E-state index < -0.39 is 17.6 Å². The summed E-state index contributed by atoms with van der Waals surface area (Å²) in [6, 6.07) is 6.19. The lowest BCUT2D eigenvalue weighted by atomic mass is 10.0. The number of amides is 1. The zero-order valence-electron chi connectivity index (χ0n) is 12.3. The highest BCUT2D eigenvalue weighted by molar-refractivity contribution is 8.02. The van der Waals surface area contributed by atoms with Crippen LogP contribution < -0.4 is 0 Å². The smallest absolute Gasteiger partial charge is 0.290 e. The Morgan fingerprint density at radius 1 is 1.39 bits per heavy atom. The molecule has 23 heavy (non-hydrogen) atoms. The van der Waals surface area contributed by atoms with Gasteiger partial charge in [0, 0.05) is 19.2 Å². The molecule has 2 aliphatic rings. The molecule has 118 valence electrons. The summed E-state index contributed by atoms with van der Waals surface area (Å²) in [5, 5.41) is 10.6. The largest absolute Gasteiger partial charge is 0.343 e. The highest BCUT2D eigenvalue weighted by atomic mass is 32.2. The molecule has 1 aromatic rings. The molecule has 0 aromatic heterocycles. The minimum Gasteiger partial charge on any atom is -0.343 e. The monoisotopic (exact) mass is 333 g/mol. The highest BCUT2D eigenvalue weighted by Crippen LogP contribution is 2.38. The fraction of sp³-hybridized carbons (Fsp3) is 0.250. The van der Waals surface area contributed by atoms with Crippen LogP contribution in [0.4, 0.5) is 8.78 Å². The van der Waals surface area contributed by atoms with E-state index in [1.165, 1.54) is 28.8 Å². The number of nitrogens with zero attached hydrogens (tertiary/aromatic N) is 3. The summed E-state index contributed by atoms with van der Waals surface area (Å²) in [7, 11) is 0. The number of rotatable bonds is 3. The number of fused-ring (bicyclic) bond motifs is 1. The van der Waals surface area contributed by atoms with Gasteiger partial charge in [-0.15, -0.1) is 0 Å². The van der Waals surface area contributed by atoms with Gasteiger partial charge in [0.25, 0.3) is 5.91 Å². The molecule has 0 radical (unpaired) electrons. The molecule has 0 saturated heterocycles. The Labute approximate surface area is 136 Å². The molecule has 1 aromatic carbocycles. The second kappa shape index (κ2) is 6.05. The Morgan fingerprint density at radius 2 is 2.17 bits per heavy atom. The third-order valence-electron chi connectivity index (χ3n) is 3.85. The highest BCUT2D eigenvalue weighted by Gasteiger charge is 2.40. The third-order valence-corrected chi connectivity index (χ3v) is 4.85. The summed E-state index contributed by atoms with van der Waals surface area (Å²) < 4.78 is 28.8. The number of allylic oxidation sites excluding steroid dienone is 1. The number of likely N-dealkylation sites (N-methyl/N-ethyl adjacent to an activating group) is 1. The molecule has 0 spiro atoms. The van der Waals surface area contributed by atoms with E-state index in [1.54, 1.807) is 28.6 Å². The van der Waals surface area contributed by atoms with Crippen LogP contribution >= 0.6 is 11.8 Å². The Hall–Kier alpha value is -2.33. The van der Waals surface area contributed by atoms with Crippen LogP contribution in [0.25, 0.3) is 0 Å². The number of carbonyl (C=O) groups excluding carboxylic acids is 1. The van der Waals surface area contributed by atoms with Crippen LogP contribution in [-0.2, 0) is 11.2 Å². The summed E-state index contributed by atoms with van der Waals surface area (Å²) in [5.41, 5.74) is -0.0785.